The molecule has 9 nitrogen and oxygen atoms in total. The van der Waals surface area contributed by atoms with Crippen molar-refractivity contribution >= 4 is 28.7 Å². The molecule has 0 spiro atoms. The number of aromatic amines is 1. The van der Waals surface area contributed by atoms with Gasteiger partial charge in [-0.3, -0.25) is 14.3 Å². The molecule has 132 valence electrons. The Balaban J connectivity index is 2.19. The van der Waals surface area contributed by atoms with E-state index in [1.54, 1.807) is 6.92 Å². The summed E-state index contributed by atoms with van der Waals surface area (Å²) in [6.45, 7) is 5.03. The van der Waals surface area contributed by atoms with Crippen LogP contribution >= 0.6 is 11.6 Å². The summed E-state index contributed by atoms with van der Waals surface area (Å²) < 4.78 is 7.11. The molecule has 3 heterocycles. The molecule has 0 amide bonds. The van der Waals surface area contributed by atoms with Crippen LogP contribution in [0, 0.1) is 11.8 Å². The van der Waals surface area contributed by atoms with E-state index in [0.717, 1.165) is 0 Å². The number of nitrogen functional groups attached to an aromatic ring is 1. The monoisotopic (exact) mass is 365 g/mol. The number of hydrogen-bond donors (Lipinski definition) is 4. The number of aliphatic hydroxyl groups excluding tert-OH is 2. The van der Waals surface area contributed by atoms with E-state index in [0.29, 0.717) is 0 Å². The number of hydrogen-bond acceptors (Lipinski definition) is 7. The van der Waals surface area contributed by atoms with Crippen LogP contribution in [0.15, 0.2) is 23.8 Å². The first kappa shape index (κ1) is 17.4. The van der Waals surface area contributed by atoms with Crippen LogP contribution < -0.4 is 11.3 Å². The van der Waals surface area contributed by atoms with Gasteiger partial charge in [0.1, 0.15) is 18.3 Å². The van der Waals surface area contributed by atoms with Gasteiger partial charge in [0.2, 0.25) is 5.95 Å². The SMILES string of the molecule is C=C[C@@H](O)[C@H]1O[C@@H](n2cnc3c(=O)[nH]c(N)nc32)C(Cl)(C#CC)C1O. The molecule has 1 aliphatic heterocycles. The minimum Gasteiger partial charge on any atom is -0.387 e. The van der Waals surface area contributed by atoms with Gasteiger partial charge in [0.25, 0.3) is 5.56 Å². The molecule has 25 heavy (non-hydrogen) atoms. The molecular formula is C15H16ClN5O4. The molecule has 0 bridgehead atoms. The van der Waals surface area contributed by atoms with E-state index in [-0.39, 0.29) is 17.1 Å². The molecule has 0 aromatic carbocycles. The van der Waals surface area contributed by atoms with Crippen molar-refractivity contribution in [1.82, 2.24) is 19.5 Å². The number of rotatable bonds is 3. The quantitative estimate of drug-likeness (QED) is 0.327. The Kier molecular flexibility index (Phi) is 4.30. The van der Waals surface area contributed by atoms with Gasteiger partial charge < -0.3 is 20.7 Å². The van der Waals surface area contributed by atoms with Crippen molar-refractivity contribution in [3.05, 3.63) is 29.3 Å². The number of alkyl halides is 1. The molecular weight excluding hydrogens is 350 g/mol. The van der Waals surface area contributed by atoms with E-state index in [2.05, 4.69) is 33.4 Å². The van der Waals surface area contributed by atoms with Crippen LogP contribution in [0.3, 0.4) is 0 Å². The van der Waals surface area contributed by atoms with Gasteiger partial charge in [-0.05, 0) is 6.92 Å². The van der Waals surface area contributed by atoms with Crippen LogP contribution in [-0.4, -0.2) is 52.9 Å². The number of anilines is 1. The smallest absolute Gasteiger partial charge is 0.280 e. The van der Waals surface area contributed by atoms with Crippen LogP contribution in [-0.2, 0) is 4.74 Å². The van der Waals surface area contributed by atoms with E-state index in [9.17, 15) is 15.0 Å². The number of halogens is 1. The topological polar surface area (TPSA) is 139 Å². The molecule has 1 aliphatic rings. The molecule has 2 aromatic rings. The van der Waals surface area contributed by atoms with Gasteiger partial charge in [0, 0.05) is 0 Å². The first-order valence-electron chi connectivity index (χ1n) is 7.32. The van der Waals surface area contributed by atoms with Crippen LogP contribution in [0.4, 0.5) is 5.95 Å². The lowest BCUT2D eigenvalue weighted by Crippen LogP contribution is -2.43. The van der Waals surface area contributed by atoms with Gasteiger partial charge >= 0.3 is 0 Å². The second-order valence-corrected chi connectivity index (χ2v) is 6.17. The summed E-state index contributed by atoms with van der Waals surface area (Å²) in [5.74, 6) is 5.25. The third-order valence-corrected chi connectivity index (χ3v) is 4.49. The van der Waals surface area contributed by atoms with Gasteiger partial charge in [-0.25, -0.2) is 4.98 Å². The lowest BCUT2D eigenvalue weighted by Gasteiger charge is -2.25. The van der Waals surface area contributed by atoms with E-state index < -0.39 is 35.0 Å². The molecule has 0 saturated carbocycles. The van der Waals surface area contributed by atoms with Crippen molar-refractivity contribution in [2.45, 2.75) is 36.3 Å². The number of imidazole rings is 1. The Labute approximate surface area is 147 Å². The van der Waals surface area contributed by atoms with Crippen LogP contribution in [0.5, 0.6) is 0 Å². The third-order valence-electron chi connectivity index (χ3n) is 3.99. The fraction of sp³-hybridized carbons (Fsp3) is 0.400. The summed E-state index contributed by atoms with van der Waals surface area (Å²) in [7, 11) is 0. The zero-order chi connectivity index (χ0) is 18.4. The maximum absolute atomic E-state index is 11.9. The van der Waals surface area contributed by atoms with Gasteiger partial charge in [0.05, 0.1) is 6.33 Å². The number of nitrogens with zero attached hydrogens (tertiary/aromatic N) is 3. The Morgan fingerprint density at radius 2 is 2.40 bits per heavy atom. The summed E-state index contributed by atoms with van der Waals surface area (Å²) in [5.41, 5.74) is 5.22. The largest absolute Gasteiger partial charge is 0.387 e. The summed E-state index contributed by atoms with van der Waals surface area (Å²) >= 11 is 6.57. The van der Waals surface area contributed by atoms with Crippen molar-refractivity contribution in [2.24, 2.45) is 0 Å². The normalized spacial score (nSPS) is 30.0. The average molecular weight is 366 g/mol. The summed E-state index contributed by atoms with van der Waals surface area (Å²) in [4.78, 5) is 20.7. The Morgan fingerprint density at radius 1 is 1.68 bits per heavy atom. The number of nitrogens with two attached hydrogens (primary N) is 1. The van der Waals surface area contributed by atoms with Crippen LogP contribution in [0.25, 0.3) is 11.2 Å². The first-order chi connectivity index (χ1) is 11.8. The number of aliphatic hydroxyl groups is 2. The van der Waals surface area contributed by atoms with Crippen LogP contribution in [0.2, 0.25) is 0 Å². The second kappa shape index (κ2) is 6.16. The molecule has 3 rings (SSSR count). The fourth-order valence-corrected chi connectivity index (χ4v) is 3.19. The maximum Gasteiger partial charge on any atom is 0.280 e. The molecule has 10 heteroatoms. The maximum atomic E-state index is 11.9. The molecule has 5 N–H and O–H groups in total. The predicted octanol–water partition coefficient (Wildman–Crippen LogP) is -0.492. The Hall–Kier alpha value is -2.38. The van der Waals surface area contributed by atoms with Gasteiger partial charge in [-0.15, -0.1) is 12.5 Å². The minimum absolute atomic E-state index is 0.0310. The lowest BCUT2D eigenvalue weighted by molar-refractivity contribution is -0.0663. The summed E-state index contributed by atoms with van der Waals surface area (Å²) in [6, 6.07) is 0. The van der Waals surface area contributed by atoms with E-state index in [1.807, 2.05) is 0 Å². The second-order valence-electron chi connectivity index (χ2n) is 5.54. The fourth-order valence-electron chi connectivity index (χ4n) is 2.82. The van der Waals surface area contributed by atoms with Crippen molar-refractivity contribution in [2.75, 3.05) is 5.73 Å². The minimum atomic E-state index is -1.60. The molecule has 0 radical (unpaired) electrons. The van der Waals surface area contributed by atoms with Crippen molar-refractivity contribution in [3.63, 3.8) is 0 Å². The van der Waals surface area contributed by atoms with Crippen LogP contribution in [0.1, 0.15) is 13.2 Å². The lowest BCUT2D eigenvalue weighted by atomic mass is 9.96. The highest BCUT2D eigenvalue weighted by Gasteiger charge is 2.57. The molecule has 0 aliphatic carbocycles. The zero-order valence-electron chi connectivity index (χ0n) is 13.2. The highest BCUT2D eigenvalue weighted by molar-refractivity contribution is 6.27. The number of fused-ring (bicyclic) bond motifs is 1. The number of ether oxygens (including phenoxy) is 1. The molecule has 2 unspecified atom stereocenters. The van der Waals surface area contributed by atoms with Gasteiger partial charge in [0.15, 0.2) is 22.3 Å². The van der Waals surface area contributed by atoms with Crippen molar-refractivity contribution in [3.8, 4) is 11.8 Å². The highest BCUT2D eigenvalue weighted by atomic mass is 35.5. The summed E-state index contributed by atoms with van der Waals surface area (Å²) in [6.07, 6.45) is -2.14. The highest BCUT2D eigenvalue weighted by Crippen LogP contribution is 2.45. The molecule has 1 saturated heterocycles. The Morgan fingerprint density at radius 3 is 3.04 bits per heavy atom. The standard InChI is InChI=1S/C15H16ClN5O4/c1-3-5-15(16)10(23)9(7(22)4-2)25-13(15)21-6-18-8-11(21)19-14(17)20-12(8)24/h4,6-7,9-10,13,22-23H,2H2,1H3,(H3,17,19,20,24)/t7-,9-,10?,13-,15?/m1/s1. The van der Waals surface area contributed by atoms with Gasteiger partial charge in [-0.1, -0.05) is 23.6 Å². The molecule has 5 atom stereocenters. The Bertz CT molecular complexity index is 945. The molecule has 1 fully saturated rings. The van der Waals surface area contributed by atoms with E-state index in [4.69, 9.17) is 22.1 Å². The number of aromatic nitrogens is 4. The van der Waals surface area contributed by atoms with Crippen molar-refractivity contribution < 1.29 is 14.9 Å². The zero-order valence-corrected chi connectivity index (χ0v) is 13.9. The summed E-state index contributed by atoms with van der Waals surface area (Å²) in [5, 5.41) is 20.6. The van der Waals surface area contributed by atoms with E-state index in [1.165, 1.54) is 17.0 Å². The van der Waals surface area contributed by atoms with Gasteiger partial charge in [-0.2, -0.15) is 4.98 Å². The molecule has 2 aromatic heterocycles. The van der Waals surface area contributed by atoms with Crippen molar-refractivity contribution in [1.29, 1.82) is 0 Å². The first-order valence-corrected chi connectivity index (χ1v) is 7.70. The predicted molar refractivity (Wildman–Crippen MR) is 90.7 cm³/mol. The van der Waals surface area contributed by atoms with E-state index >= 15 is 0 Å². The third kappa shape index (κ3) is 2.60. The average Bonchev–Trinajstić information content (AvgIpc) is 3.08. The number of nitrogens with one attached hydrogen (secondary N) is 1. The number of H-pyrrole nitrogens is 1.